The molecule has 1 amide bonds. The Hall–Kier alpha value is -1.44. The van der Waals surface area contributed by atoms with E-state index in [0.717, 1.165) is 30.1 Å². The van der Waals surface area contributed by atoms with Gasteiger partial charge in [0.15, 0.2) is 0 Å². The first kappa shape index (κ1) is 22.2. The molecule has 2 N–H and O–H groups in total. The zero-order chi connectivity index (χ0) is 20.6. The zero-order valence-electron chi connectivity index (χ0n) is 15.8. The Morgan fingerprint density at radius 1 is 1.28 bits per heavy atom. The van der Waals surface area contributed by atoms with Crippen LogP contribution in [-0.4, -0.2) is 48.7 Å². The molecule has 0 spiro atoms. The van der Waals surface area contributed by atoms with E-state index in [-0.39, 0.29) is 25.2 Å². The molecule has 5 nitrogen and oxygen atoms in total. The van der Waals surface area contributed by atoms with Gasteiger partial charge in [-0.25, -0.2) is 0 Å². The number of ether oxygens (including phenoxy) is 2. The fourth-order valence-corrected chi connectivity index (χ4v) is 4.35. The van der Waals surface area contributed by atoms with Gasteiger partial charge in [0.05, 0.1) is 16.7 Å². The van der Waals surface area contributed by atoms with E-state index in [9.17, 15) is 9.90 Å². The van der Waals surface area contributed by atoms with Crippen molar-refractivity contribution in [3.63, 3.8) is 0 Å². The summed E-state index contributed by atoms with van der Waals surface area (Å²) in [5.74, 6) is 0.974. The number of aliphatic hydroxyl groups excluding tert-OH is 1. The zero-order valence-corrected chi connectivity index (χ0v) is 18.1. The molecule has 2 unspecified atom stereocenters. The summed E-state index contributed by atoms with van der Waals surface area (Å²) >= 11 is 13.6. The summed E-state index contributed by atoms with van der Waals surface area (Å²) in [5, 5.41) is 13.6. The summed E-state index contributed by atoms with van der Waals surface area (Å²) in [5.41, 5.74) is 0.585. The lowest BCUT2D eigenvalue weighted by Crippen LogP contribution is -2.35. The molecule has 0 saturated carbocycles. The van der Waals surface area contributed by atoms with E-state index in [1.807, 2.05) is 18.2 Å². The van der Waals surface area contributed by atoms with Crippen LogP contribution < -0.4 is 10.1 Å². The van der Waals surface area contributed by atoms with Crippen molar-refractivity contribution in [2.24, 2.45) is 0 Å². The van der Waals surface area contributed by atoms with Crippen molar-refractivity contribution in [3.05, 3.63) is 58.1 Å². The molecule has 1 fully saturated rings. The highest BCUT2D eigenvalue weighted by atomic mass is 35.5. The first-order valence-electron chi connectivity index (χ1n) is 9.41. The molecule has 0 aliphatic carbocycles. The van der Waals surface area contributed by atoms with Crippen LogP contribution >= 0.6 is 35.0 Å². The van der Waals surface area contributed by atoms with Crippen LogP contribution in [0.15, 0.2) is 47.4 Å². The number of nitrogens with one attached hydrogen (secondary N) is 1. The fourth-order valence-electron chi connectivity index (χ4n) is 2.88. The van der Waals surface area contributed by atoms with E-state index < -0.39 is 6.10 Å². The predicted molar refractivity (Wildman–Crippen MR) is 116 cm³/mol. The minimum absolute atomic E-state index is 0.0181. The molecule has 29 heavy (non-hydrogen) atoms. The average molecular weight is 456 g/mol. The maximum Gasteiger partial charge on any atom is 0.252 e. The maximum atomic E-state index is 12.6. The third-order valence-corrected chi connectivity index (χ3v) is 6.43. The quantitative estimate of drug-likeness (QED) is 0.547. The van der Waals surface area contributed by atoms with E-state index in [4.69, 9.17) is 32.7 Å². The molecule has 1 saturated heterocycles. The van der Waals surface area contributed by atoms with Crippen molar-refractivity contribution >= 4 is 40.9 Å². The van der Waals surface area contributed by atoms with E-state index in [0.29, 0.717) is 21.4 Å². The minimum Gasteiger partial charge on any atom is -0.489 e. The Kier molecular flexibility index (Phi) is 8.51. The number of hydrogen-bond donors (Lipinski definition) is 2. The second-order valence-electron chi connectivity index (χ2n) is 6.67. The van der Waals surface area contributed by atoms with E-state index in [1.165, 1.54) is 0 Å². The molecule has 156 valence electrons. The van der Waals surface area contributed by atoms with Gasteiger partial charge in [-0.1, -0.05) is 41.4 Å². The van der Waals surface area contributed by atoms with Gasteiger partial charge in [-0.3, -0.25) is 4.79 Å². The van der Waals surface area contributed by atoms with Crippen LogP contribution in [0.25, 0.3) is 0 Å². The van der Waals surface area contributed by atoms with E-state index in [2.05, 4.69) is 5.32 Å². The maximum absolute atomic E-state index is 12.6. The number of carbonyl (C=O) groups is 1. The molecule has 2 atom stereocenters. The summed E-state index contributed by atoms with van der Waals surface area (Å²) in [6.45, 7) is 0.852. The molecule has 8 heteroatoms. The van der Waals surface area contributed by atoms with Crippen LogP contribution in [0.3, 0.4) is 0 Å². The highest BCUT2D eigenvalue weighted by Gasteiger charge is 2.18. The van der Waals surface area contributed by atoms with Crippen molar-refractivity contribution in [2.45, 2.75) is 29.9 Å². The number of carbonyl (C=O) groups excluding carboxylic acids is 1. The summed E-state index contributed by atoms with van der Waals surface area (Å²) in [6.07, 6.45) is 1.51. The molecule has 1 aliphatic heterocycles. The van der Waals surface area contributed by atoms with Crippen molar-refractivity contribution < 1.29 is 19.4 Å². The van der Waals surface area contributed by atoms with Gasteiger partial charge < -0.3 is 19.9 Å². The van der Waals surface area contributed by atoms with Crippen molar-refractivity contribution in [1.29, 1.82) is 0 Å². The summed E-state index contributed by atoms with van der Waals surface area (Å²) in [6, 6.07) is 12.5. The molecular formula is C21H23Cl2NO4S. The van der Waals surface area contributed by atoms with Crippen molar-refractivity contribution in [1.82, 2.24) is 5.32 Å². The SMILES string of the molecule is O=C(NCC(O)COc1cccc(Cl)c1Cl)c1ccccc1SCC1CCCO1. The van der Waals surface area contributed by atoms with Gasteiger partial charge in [0, 0.05) is 23.8 Å². The van der Waals surface area contributed by atoms with Gasteiger partial charge in [-0.15, -0.1) is 11.8 Å². The van der Waals surface area contributed by atoms with Crippen LogP contribution in [0.4, 0.5) is 0 Å². The predicted octanol–water partition coefficient (Wildman–Crippen LogP) is 4.43. The van der Waals surface area contributed by atoms with Gasteiger partial charge in [0.2, 0.25) is 0 Å². The Morgan fingerprint density at radius 3 is 2.90 bits per heavy atom. The first-order chi connectivity index (χ1) is 14.0. The Balaban J connectivity index is 1.49. The van der Waals surface area contributed by atoms with Crippen molar-refractivity contribution in [2.75, 3.05) is 25.5 Å². The van der Waals surface area contributed by atoms with Gasteiger partial charge in [0.1, 0.15) is 23.5 Å². The number of hydrogen-bond acceptors (Lipinski definition) is 5. The lowest BCUT2D eigenvalue weighted by Gasteiger charge is -2.15. The highest BCUT2D eigenvalue weighted by molar-refractivity contribution is 7.99. The standard InChI is InChI=1S/C21H23Cl2NO4S/c22-17-7-3-8-18(20(17)23)28-12-14(25)11-24-21(26)16-6-1-2-9-19(16)29-13-15-5-4-10-27-15/h1-3,6-9,14-15,25H,4-5,10-13H2,(H,24,26). The Morgan fingerprint density at radius 2 is 2.10 bits per heavy atom. The van der Waals surface area contributed by atoms with Crippen molar-refractivity contribution in [3.8, 4) is 5.75 Å². The van der Waals surface area contributed by atoms with E-state index in [1.54, 1.807) is 36.0 Å². The van der Waals surface area contributed by atoms with E-state index >= 15 is 0 Å². The summed E-state index contributed by atoms with van der Waals surface area (Å²) in [7, 11) is 0. The molecule has 0 radical (unpaired) electrons. The topological polar surface area (TPSA) is 67.8 Å². The number of aliphatic hydroxyl groups is 1. The van der Waals surface area contributed by atoms with Crippen LogP contribution in [0.2, 0.25) is 10.0 Å². The molecule has 1 heterocycles. The van der Waals surface area contributed by atoms with Crippen LogP contribution in [0.1, 0.15) is 23.2 Å². The normalized spacial score (nSPS) is 17.1. The molecule has 0 bridgehead atoms. The third kappa shape index (κ3) is 6.52. The van der Waals surface area contributed by atoms with Gasteiger partial charge >= 0.3 is 0 Å². The molecule has 1 aliphatic rings. The molecule has 2 aromatic carbocycles. The number of benzene rings is 2. The third-order valence-electron chi connectivity index (χ3n) is 4.43. The monoisotopic (exact) mass is 455 g/mol. The van der Waals surface area contributed by atoms with Gasteiger partial charge in [0.25, 0.3) is 5.91 Å². The minimum atomic E-state index is -0.888. The molecule has 2 aromatic rings. The average Bonchev–Trinajstić information content (AvgIpc) is 3.25. The molecule has 3 rings (SSSR count). The largest absolute Gasteiger partial charge is 0.489 e. The number of halogens is 2. The number of thioether (sulfide) groups is 1. The Labute approximate surface area is 184 Å². The number of amides is 1. The fraction of sp³-hybridized carbons (Fsp3) is 0.381. The van der Waals surface area contributed by atoms with Gasteiger partial charge in [-0.2, -0.15) is 0 Å². The van der Waals surface area contributed by atoms with Crippen LogP contribution in [0.5, 0.6) is 5.75 Å². The second kappa shape index (κ2) is 11.1. The second-order valence-corrected chi connectivity index (χ2v) is 8.52. The highest BCUT2D eigenvalue weighted by Crippen LogP contribution is 2.31. The molecular weight excluding hydrogens is 433 g/mol. The summed E-state index contributed by atoms with van der Waals surface area (Å²) < 4.78 is 11.1. The smallest absolute Gasteiger partial charge is 0.252 e. The van der Waals surface area contributed by atoms with Gasteiger partial charge in [-0.05, 0) is 37.1 Å². The first-order valence-corrected chi connectivity index (χ1v) is 11.1. The molecule has 0 aromatic heterocycles. The lowest BCUT2D eigenvalue weighted by molar-refractivity contribution is 0.0841. The Bertz CT molecular complexity index is 830. The number of rotatable bonds is 9. The summed E-state index contributed by atoms with van der Waals surface area (Å²) in [4.78, 5) is 13.5. The van der Waals surface area contributed by atoms with Crippen LogP contribution in [-0.2, 0) is 4.74 Å². The lowest BCUT2D eigenvalue weighted by atomic mass is 10.2. The van der Waals surface area contributed by atoms with Crippen LogP contribution in [0, 0.1) is 0 Å².